The summed E-state index contributed by atoms with van der Waals surface area (Å²) in [6.45, 7) is 6.42. The molecular formula is C18H23Cl3F6N6O2. The molecule has 2 rings (SSSR count). The standard InChI is InChI=1S/C9H11ClF3N3O.C5HCl2F3N2.C4H11NO/c1-4(5(2)17)15-7-6(9(11,12)13)3-14-8(10)16-7;6-3-2(5(8,9)10)1-11-4(7)12-3;1-3(5)4(2)6/h3-5,17H,1-2H3,(H,14,15,16);1H;3-4,6H,5H2,1-2H3/t4-,5-;;3-,4-/m1.1/s1. The fraction of sp³-hybridized carbons (Fsp3) is 0.556. The molecule has 8 nitrogen and oxygen atoms in total. The number of rotatable bonds is 4. The van der Waals surface area contributed by atoms with Crippen LogP contribution in [0.2, 0.25) is 15.7 Å². The monoisotopic (exact) mass is 574 g/mol. The minimum absolute atomic E-state index is 0.0926. The van der Waals surface area contributed by atoms with E-state index in [4.69, 9.17) is 45.6 Å². The van der Waals surface area contributed by atoms with Crippen molar-refractivity contribution in [1.82, 2.24) is 19.9 Å². The van der Waals surface area contributed by atoms with E-state index in [1.165, 1.54) is 13.8 Å². The van der Waals surface area contributed by atoms with Crippen molar-refractivity contribution in [3.05, 3.63) is 39.2 Å². The minimum Gasteiger partial charge on any atom is -0.392 e. The van der Waals surface area contributed by atoms with E-state index in [0.29, 0.717) is 12.4 Å². The molecule has 0 aromatic carbocycles. The maximum Gasteiger partial charge on any atom is 0.421 e. The number of halogens is 9. The van der Waals surface area contributed by atoms with Crippen LogP contribution in [0, 0.1) is 0 Å². The van der Waals surface area contributed by atoms with Gasteiger partial charge in [-0.05, 0) is 50.9 Å². The number of aromatic nitrogens is 4. The Morgan fingerprint density at radius 1 is 0.800 bits per heavy atom. The van der Waals surface area contributed by atoms with Crippen molar-refractivity contribution in [3.63, 3.8) is 0 Å². The van der Waals surface area contributed by atoms with Crippen LogP contribution in [0.1, 0.15) is 38.8 Å². The van der Waals surface area contributed by atoms with Crippen molar-refractivity contribution in [2.45, 2.75) is 64.3 Å². The molecule has 0 spiro atoms. The average molecular weight is 576 g/mol. The fourth-order valence-corrected chi connectivity index (χ4v) is 2.09. The molecule has 0 unspecified atom stereocenters. The highest BCUT2D eigenvalue weighted by Gasteiger charge is 2.36. The van der Waals surface area contributed by atoms with Gasteiger partial charge in [0.25, 0.3) is 0 Å². The van der Waals surface area contributed by atoms with E-state index in [0.717, 1.165) is 0 Å². The van der Waals surface area contributed by atoms with Crippen molar-refractivity contribution in [2.24, 2.45) is 5.73 Å². The topological polar surface area (TPSA) is 130 Å². The van der Waals surface area contributed by atoms with Gasteiger partial charge in [-0.2, -0.15) is 26.3 Å². The van der Waals surface area contributed by atoms with Gasteiger partial charge in [0.15, 0.2) is 0 Å². The Kier molecular flexibility index (Phi) is 13.4. The van der Waals surface area contributed by atoms with Gasteiger partial charge in [0, 0.05) is 18.4 Å². The van der Waals surface area contributed by atoms with E-state index in [2.05, 4.69) is 25.3 Å². The molecule has 0 radical (unpaired) electrons. The van der Waals surface area contributed by atoms with Gasteiger partial charge in [0.2, 0.25) is 10.6 Å². The Morgan fingerprint density at radius 2 is 1.20 bits per heavy atom. The van der Waals surface area contributed by atoms with Crippen molar-refractivity contribution in [1.29, 1.82) is 0 Å². The molecule has 0 fully saturated rings. The summed E-state index contributed by atoms with van der Waals surface area (Å²) in [5, 5.41) is 18.9. The lowest BCUT2D eigenvalue weighted by Crippen LogP contribution is -2.29. The van der Waals surface area contributed by atoms with Crippen molar-refractivity contribution in [2.75, 3.05) is 5.32 Å². The summed E-state index contributed by atoms with van der Waals surface area (Å²) in [4.78, 5) is 13.1. The van der Waals surface area contributed by atoms with Gasteiger partial charge in [-0.1, -0.05) is 11.6 Å². The van der Waals surface area contributed by atoms with Gasteiger partial charge in [0.1, 0.15) is 22.1 Å². The molecule has 2 aromatic rings. The van der Waals surface area contributed by atoms with Crippen molar-refractivity contribution < 1.29 is 36.6 Å². The molecule has 0 bridgehead atoms. The Labute approximate surface area is 211 Å². The molecule has 0 saturated carbocycles. The van der Waals surface area contributed by atoms with Gasteiger partial charge >= 0.3 is 12.4 Å². The molecule has 0 saturated heterocycles. The second-order valence-electron chi connectivity index (χ2n) is 7.01. The lowest BCUT2D eigenvalue weighted by Gasteiger charge is -2.19. The van der Waals surface area contributed by atoms with E-state index in [9.17, 15) is 31.4 Å². The van der Waals surface area contributed by atoms with Gasteiger partial charge in [-0.3, -0.25) is 0 Å². The predicted molar refractivity (Wildman–Crippen MR) is 119 cm³/mol. The number of nitrogens with one attached hydrogen (secondary N) is 1. The molecule has 17 heteroatoms. The Hall–Kier alpha value is -1.71. The Bertz CT molecular complexity index is 927. The molecule has 5 N–H and O–H groups in total. The Balaban J connectivity index is 0.000000557. The summed E-state index contributed by atoms with van der Waals surface area (Å²) < 4.78 is 73.7. The highest BCUT2D eigenvalue weighted by molar-refractivity contribution is 6.32. The zero-order chi connectivity index (χ0) is 27.7. The first-order valence-corrected chi connectivity index (χ1v) is 10.6. The first-order valence-electron chi connectivity index (χ1n) is 9.50. The number of aliphatic hydroxyl groups is 2. The zero-order valence-electron chi connectivity index (χ0n) is 18.6. The smallest absolute Gasteiger partial charge is 0.392 e. The van der Waals surface area contributed by atoms with Gasteiger partial charge < -0.3 is 21.3 Å². The molecule has 0 aliphatic rings. The largest absolute Gasteiger partial charge is 0.421 e. The van der Waals surface area contributed by atoms with Crippen LogP contribution in [0.15, 0.2) is 12.4 Å². The average Bonchev–Trinajstić information content (AvgIpc) is 2.66. The van der Waals surface area contributed by atoms with E-state index >= 15 is 0 Å². The first kappa shape index (κ1) is 33.3. The number of nitrogens with two attached hydrogens (primary N) is 1. The fourth-order valence-electron chi connectivity index (χ4n) is 1.55. The maximum atomic E-state index is 12.6. The molecular weight excluding hydrogens is 553 g/mol. The van der Waals surface area contributed by atoms with Crippen LogP contribution in [-0.4, -0.2) is 54.4 Å². The van der Waals surface area contributed by atoms with Crippen molar-refractivity contribution in [3.8, 4) is 0 Å². The van der Waals surface area contributed by atoms with Gasteiger partial charge in [-0.15, -0.1) is 0 Å². The summed E-state index contributed by atoms with van der Waals surface area (Å²) >= 11 is 15.8. The molecule has 4 atom stereocenters. The SMILES string of the molecule is C[C@@H](N)[C@@H](C)O.C[C@@H](O)[C@@H](C)Nc1nc(Cl)ncc1C(F)(F)F.FC(F)(F)c1cnc(Cl)nc1Cl. The number of hydrogen-bond acceptors (Lipinski definition) is 8. The highest BCUT2D eigenvalue weighted by atomic mass is 35.5. The van der Waals surface area contributed by atoms with E-state index in [1.807, 2.05) is 0 Å². The third-order valence-electron chi connectivity index (χ3n) is 3.93. The molecule has 2 aromatic heterocycles. The number of alkyl halides is 6. The van der Waals surface area contributed by atoms with Crippen LogP contribution in [0.4, 0.5) is 32.2 Å². The van der Waals surface area contributed by atoms with E-state index < -0.39 is 46.6 Å². The lowest BCUT2D eigenvalue weighted by molar-refractivity contribution is -0.138. The van der Waals surface area contributed by atoms with Gasteiger partial charge in [0.05, 0.1) is 18.2 Å². The zero-order valence-corrected chi connectivity index (χ0v) is 20.9. The molecule has 0 amide bonds. The summed E-state index contributed by atoms with van der Waals surface area (Å²) in [5.74, 6) is -0.439. The number of hydrogen-bond donors (Lipinski definition) is 4. The lowest BCUT2D eigenvalue weighted by atomic mass is 10.2. The third kappa shape index (κ3) is 12.7. The molecule has 35 heavy (non-hydrogen) atoms. The quantitative estimate of drug-likeness (QED) is 0.231. The number of anilines is 1. The summed E-state index contributed by atoms with van der Waals surface area (Å²) in [6, 6.07) is -0.688. The second kappa shape index (κ2) is 14.1. The first-order chi connectivity index (χ1) is 15.8. The molecule has 0 aliphatic heterocycles. The van der Waals surface area contributed by atoms with E-state index in [-0.39, 0.29) is 22.7 Å². The normalized spacial score (nSPS) is 15.0. The molecule has 0 aliphatic carbocycles. The molecule has 200 valence electrons. The van der Waals surface area contributed by atoms with Crippen LogP contribution in [-0.2, 0) is 12.4 Å². The summed E-state index contributed by atoms with van der Waals surface area (Å²) in [7, 11) is 0. The second-order valence-corrected chi connectivity index (χ2v) is 8.05. The van der Waals surface area contributed by atoms with Crippen LogP contribution >= 0.6 is 34.8 Å². The number of aliphatic hydroxyl groups excluding tert-OH is 2. The third-order valence-corrected chi connectivity index (χ3v) is 4.58. The number of nitrogens with zero attached hydrogens (tertiary/aromatic N) is 4. The van der Waals surface area contributed by atoms with E-state index in [1.54, 1.807) is 13.8 Å². The van der Waals surface area contributed by atoms with Crippen LogP contribution in [0.5, 0.6) is 0 Å². The summed E-state index contributed by atoms with van der Waals surface area (Å²) in [6.07, 6.45) is -9.17. The van der Waals surface area contributed by atoms with Crippen molar-refractivity contribution >= 4 is 40.6 Å². The molecule has 2 heterocycles. The van der Waals surface area contributed by atoms with Gasteiger partial charge in [-0.25, -0.2) is 19.9 Å². The van der Waals surface area contributed by atoms with Crippen LogP contribution in [0.3, 0.4) is 0 Å². The van der Waals surface area contributed by atoms with Crippen LogP contribution in [0.25, 0.3) is 0 Å². The highest BCUT2D eigenvalue weighted by Crippen LogP contribution is 2.34. The van der Waals surface area contributed by atoms with Crippen LogP contribution < -0.4 is 11.1 Å². The summed E-state index contributed by atoms with van der Waals surface area (Å²) in [5.41, 5.74) is 3.08. The minimum atomic E-state index is -4.58. The maximum absolute atomic E-state index is 12.6. The predicted octanol–water partition coefficient (Wildman–Crippen LogP) is 4.85. The Morgan fingerprint density at radius 3 is 1.54 bits per heavy atom.